The molecule has 0 saturated heterocycles. The maximum atomic E-state index is 13.4. The number of furan rings is 1. The molecule has 0 bridgehead atoms. The zero-order valence-corrected chi connectivity index (χ0v) is 17.4. The molecule has 0 aliphatic carbocycles. The fourth-order valence-electron chi connectivity index (χ4n) is 3.32. The van der Waals surface area contributed by atoms with Crippen LogP contribution in [-0.2, 0) is 6.54 Å². The number of nitro groups is 1. The highest BCUT2D eigenvalue weighted by atomic mass is 16.6. The number of aromatic amines is 1. The fourth-order valence-corrected chi connectivity index (χ4v) is 3.32. The fraction of sp³-hybridized carbons (Fsp3) is 0.130. The van der Waals surface area contributed by atoms with Gasteiger partial charge in [-0.15, -0.1) is 0 Å². The van der Waals surface area contributed by atoms with E-state index in [1.165, 1.54) is 28.9 Å². The molecule has 0 aliphatic heterocycles. The first-order chi connectivity index (χ1) is 15.5. The lowest BCUT2D eigenvalue weighted by Crippen LogP contribution is -2.19. The average molecular weight is 432 g/mol. The van der Waals surface area contributed by atoms with E-state index in [1.54, 1.807) is 38.5 Å². The van der Waals surface area contributed by atoms with Crippen LogP contribution in [0.4, 0.5) is 5.69 Å². The van der Waals surface area contributed by atoms with E-state index in [0.717, 1.165) is 5.56 Å². The van der Waals surface area contributed by atoms with Gasteiger partial charge in [0.05, 0.1) is 41.8 Å². The Morgan fingerprint density at radius 1 is 1.16 bits per heavy atom. The van der Waals surface area contributed by atoms with Crippen molar-refractivity contribution in [3.63, 3.8) is 0 Å². The van der Waals surface area contributed by atoms with E-state index >= 15 is 0 Å². The average Bonchev–Trinajstić information content (AvgIpc) is 3.45. The molecule has 2 heterocycles. The summed E-state index contributed by atoms with van der Waals surface area (Å²) in [6, 6.07) is 16.6. The summed E-state index contributed by atoms with van der Waals surface area (Å²) in [6.45, 7) is 2.06. The van der Waals surface area contributed by atoms with Gasteiger partial charge in [-0.2, -0.15) is 0 Å². The van der Waals surface area contributed by atoms with E-state index in [0.29, 0.717) is 40.7 Å². The number of hydrogen-bond donors (Lipinski definition) is 1. The third-order valence-electron chi connectivity index (χ3n) is 5.00. The van der Waals surface area contributed by atoms with Gasteiger partial charge in [-0.25, -0.2) is 4.68 Å². The molecule has 0 atom stereocenters. The summed E-state index contributed by atoms with van der Waals surface area (Å²) < 4.78 is 11.9. The molecular weight excluding hydrogens is 412 g/mol. The second kappa shape index (κ2) is 8.76. The summed E-state index contributed by atoms with van der Waals surface area (Å²) in [5.74, 6) is 1.37. The first kappa shape index (κ1) is 20.9. The summed E-state index contributed by atoms with van der Waals surface area (Å²) in [7, 11) is 1.58. The molecule has 2 aromatic carbocycles. The highest BCUT2D eigenvalue weighted by molar-refractivity contribution is 6.03. The van der Waals surface area contributed by atoms with Crippen LogP contribution in [0.5, 0.6) is 5.75 Å². The van der Waals surface area contributed by atoms with Crippen molar-refractivity contribution in [2.45, 2.75) is 13.5 Å². The Morgan fingerprint density at radius 3 is 2.47 bits per heavy atom. The molecule has 0 unspecified atom stereocenters. The minimum Gasteiger partial charge on any atom is -0.497 e. The van der Waals surface area contributed by atoms with Gasteiger partial charge in [-0.05, 0) is 55.5 Å². The normalized spacial score (nSPS) is 11.5. The SMILES string of the molecule is COc1ccc(-c2[nH]n(-c3ccc([N+](=O)[O-])cc3)c(=O)c2C(C)=NCc2ccco2)cc1. The first-order valence-electron chi connectivity index (χ1n) is 9.76. The maximum Gasteiger partial charge on any atom is 0.280 e. The van der Waals surface area contributed by atoms with Crippen molar-refractivity contribution < 1.29 is 14.1 Å². The van der Waals surface area contributed by atoms with Gasteiger partial charge in [0.2, 0.25) is 0 Å². The number of nitrogens with zero attached hydrogens (tertiary/aromatic N) is 3. The number of hydrogen-bond acceptors (Lipinski definition) is 6. The molecule has 0 fully saturated rings. The number of ether oxygens (including phenoxy) is 1. The largest absolute Gasteiger partial charge is 0.497 e. The molecule has 162 valence electrons. The summed E-state index contributed by atoms with van der Waals surface area (Å²) in [6.07, 6.45) is 1.57. The lowest BCUT2D eigenvalue weighted by molar-refractivity contribution is -0.384. The van der Waals surface area contributed by atoms with Crippen LogP contribution in [0.15, 0.2) is 81.1 Å². The monoisotopic (exact) mass is 432 g/mol. The van der Waals surface area contributed by atoms with Crippen LogP contribution in [0.25, 0.3) is 16.9 Å². The highest BCUT2D eigenvalue weighted by Gasteiger charge is 2.20. The van der Waals surface area contributed by atoms with Crippen LogP contribution in [-0.4, -0.2) is 27.5 Å². The lowest BCUT2D eigenvalue weighted by atomic mass is 10.0. The van der Waals surface area contributed by atoms with Crippen LogP contribution < -0.4 is 10.3 Å². The Bertz CT molecular complexity index is 1310. The van der Waals surface area contributed by atoms with Gasteiger partial charge < -0.3 is 9.15 Å². The number of methoxy groups -OCH3 is 1. The molecule has 32 heavy (non-hydrogen) atoms. The van der Waals surface area contributed by atoms with Gasteiger partial charge >= 0.3 is 0 Å². The molecule has 0 saturated carbocycles. The number of benzene rings is 2. The number of H-pyrrole nitrogens is 1. The zero-order chi connectivity index (χ0) is 22.7. The van der Waals surface area contributed by atoms with Gasteiger partial charge in [-0.1, -0.05) is 0 Å². The molecule has 4 aromatic rings. The molecule has 4 rings (SSSR count). The highest BCUT2D eigenvalue weighted by Crippen LogP contribution is 2.25. The molecule has 9 nitrogen and oxygen atoms in total. The number of nitro benzene ring substituents is 1. The van der Waals surface area contributed by atoms with Crippen molar-refractivity contribution >= 4 is 11.4 Å². The smallest absolute Gasteiger partial charge is 0.280 e. The van der Waals surface area contributed by atoms with Gasteiger partial charge in [0, 0.05) is 23.4 Å². The van der Waals surface area contributed by atoms with Crippen molar-refractivity contribution in [3.05, 3.63) is 98.7 Å². The van der Waals surface area contributed by atoms with E-state index in [-0.39, 0.29) is 11.2 Å². The third-order valence-corrected chi connectivity index (χ3v) is 5.00. The minimum atomic E-state index is -0.485. The third kappa shape index (κ3) is 4.08. The predicted molar refractivity (Wildman–Crippen MR) is 120 cm³/mol. The number of rotatable bonds is 7. The Hall–Kier alpha value is -4.40. The Kier molecular flexibility index (Phi) is 5.71. The topological polar surface area (TPSA) is 116 Å². The number of aliphatic imine (C=N–C) groups is 1. The van der Waals surface area contributed by atoms with E-state index in [9.17, 15) is 14.9 Å². The molecule has 1 N–H and O–H groups in total. The van der Waals surface area contributed by atoms with Crippen molar-refractivity contribution in [1.82, 2.24) is 9.78 Å². The van der Waals surface area contributed by atoms with Crippen LogP contribution >= 0.6 is 0 Å². The first-order valence-corrected chi connectivity index (χ1v) is 9.76. The van der Waals surface area contributed by atoms with Crippen LogP contribution in [0, 0.1) is 10.1 Å². The molecule has 0 radical (unpaired) electrons. The minimum absolute atomic E-state index is 0.0554. The molecule has 0 spiro atoms. The summed E-state index contributed by atoms with van der Waals surface area (Å²) in [4.78, 5) is 28.4. The summed E-state index contributed by atoms with van der Waals surface area (Å²) in [5.41, 5.74) is 2.39. The molecule has 0 amide bonds. The lowest BCUT2D eigenvalue weighted by Gasteiger charge is -2.05. The molecule has 2 aromatic heterocycles. The van der Waals surface area contributed by atoms with Crippen molar-refractivity contribution in [2.75, 3.05) is 7.11 Å². The van der Waals surface area contributed by atoms with Crippen molar-refractivity contribution in [1.29, 1.82) is 0 Å². The van der Waals surface area contributed by atoms with E-state index in [4.69, 9.17) is 9.15 Å². The van der Waals surface area contributed by atoms with Gasteiger partial charge in [0.1, 0.15) is 11.5 Å². The zero-order valence-electron chi connectivity index (χ0n) is 17.4. The Balaban J connectivity index is 1.82. The standard InChI is InChI=1S/C23H20N4O5/c1-15(24-14-20-4-3-13-32-20)21-22(16-5-11-19(31-2)12-6-16)25-26(23(21)28)17-7-9-18(10-8-17)27(29)30/h3-13,25H,14H2,1-2H3. The molecule has 0 aliphatic rings. The molecular formula is C23H20N4O5. The quantitative estimate of drug-likeness (QED) is 0.265. The summed E-state index contributed by atoms with van der Waals surface area (Å²) >= 11 is 0. The van der Waals surface area contributed by atoms with Crippen molar-refractivity contribution in [2.24, 2.45) is 4.99 Å². The number of non-ortho nitro benzene ring substituents is 1. The predicted octanol–water partition coefficient (Wildman–Crippen LogP) is 4.35. The van der Waals surface area contributed by atoms with E-state index < -0.39 is 4.92 Å². The van der Waals surface area contributed by atoms with Crippen LogP contribution in [0.2, 0.25) is 0 Å². The Morgan fingerprint density at radius 2 is 1.88 bits per heavy atom. The van der Waals surface area contributed by atoms with Crippen molar-refractivity contribution in [3.8, 4) is 22.7 Å². The van der Waals surface area contributed by atoms with Gasteiger partial charge in [-0.3, -0.25) is 25.0 Å². The Labute approximate surface area is 182 Å². The van der Waals surface area contributed by atoms with Gasteiger partial charge in [0.25, 0.3) is 11.2 Å². The molecule has 9 heteroatoms. The van der Waals surface area contributed by atoms with Crippen LogP contribution in [0.1, 0.15) is 18.2 Å². The number of aromatic nitrogens is 2. The van der Waals surface area contributed by atoms with Gasteiger partial charge in [0.15, 0.2) is 0 Å². The van der Waals surface area contributed by atoms with E-state index in [2.05, 4.69) is 10.1 Å². The maximum absolute atomic E-state index is 13.4. The van der Waals surface area contributed by atoms with E-state index in [1.807, 2.05) is 18.2 Å². The second-order valence-corrected chi connectivity index (χ2v) is 6.99. The second-order valence-electron chi connectivity index (χ2n) is 6.99. The number of nitrogens with one attached hydrogen (secondary N) is 1. The van der Waals surface area contributed by atoms with Crippen LogP contribution in [0.3, 0.4) is 0 Å². The summed E-state index contributed by atoms with van der Waals surface area (Å²) in [5, 5.41) is 14.1.